The smallest absolute Gasteiger partial charge is 0.259 e. The zero-order valence-electron chi connectivity index (χ0n) is 18.0. The number of thioether (sulfide) groups is 1. The number of thiazole rings is 1. The first-order valence-corrected chi connectivity index (χ1v) is 12.9. The van der Waals surface area contributed by atoms with Crippen molar-refractivity contribution in [3.05, 3.63) is 81.8 Å². The van der Waals surface area contributed by atoms with E-state index in [9.17, 15) is 9.59 Å². The Balaban J connectivity index is 1.24. The lowest BCUT2D eigenvalue weighted by Crippen LogP contribution is -2.22. The molecule has 0 spiro atoms. The lowest BCUT2D eigenvalue weighted by Gasteiger charge is -2.19. The molecule has 3 aromatic rings. The number of hydrogen-bond acceptors (Lipinski definition) is 6. The molecule has 5 rings (SSSR count). The summed E-state index contributed by atoms with van der Waals surface area (Å²) >= 11 is 3.53. The first kappa shape index (κ1) is 21.7. The van der Waals surface area contributed by atoms with Crippen molar-refractivity contribution < 1.29 is 14.3 Å². The van der Waals surface area contributed by atoms with Crippen LogP contribution in [-0.4, -0.2) is 28.3 Å². The zero-order chi connectivity index (χ0) is 22.8. The zero-order valence-corrected chi connectivity index (χ0v) is 19.7. The summed E-state index contributed by atoms with van der Waals surface area (Å²) in [6, 6.07) is 12.1. The third-order valence-electron chi connectivity index (χ3n) is 5.78. The molecule has 33 heavy (non-hydrogen) atoms. The molecule has 2 aliphatic rings. The number of allylic oxidation sites excluding steroid dienone is 1. The molecule has 2 unspecified atom stereocenters. The second kappa shape index (κ2) is 9.41. The predicted octanol–water partition coefficient (Wildman–Crippen LogP) is 5.60. The van der Waals surface area contributed by atoms with E-state index in [4.69, 9.17) is 4.74 Å². The van der Waals surface area contributed by atoms with Gasteiger partial charge in [0.2, 0.25) is 0 Å². The number of nitrogens with zero attached hydrogens (tertiary/aromatic N) is 1. The van der Waals surface area contributed by atoms with Crippen molar-refractivity contribution in [2.75, 3.05) is 11.6 Å². The standard InChI is InChI=1S/C25H23N3O3S2/c1-32-17-9-6-15(7-10-17)25-27-14-18(33-25)13-26-23(29)16-8-11-22-20(12-16)28-24(30)19-4-2-3-5-21(19)31-22/h2-6,8-9,11-12,14-15,17H,7,10,13H2,1H3,(H,26,29)(H,28,30). The minimum atomic E-state index is -0.264. The van der Waals surface area contributed by atoms with E-state index >= 15 is 0 Å². The van der Waals surface area contributed by atoms with Crippen molar-refractivity contribution in [3.8, 4) is 11.5 Å². The quantitative estimate of drug-likeness (QED) is 0.468. The van der Waals surface area contributed by atoms with E-state index < -0.39 is 0 Å². The minimum Gasteiger partial charge on any atom is -0.454 e. The summed E-state index contributed by atoms with van der Waals surface area (Å²) in [4.78, 5) is 30.9. The fourth-order valence-electron chi connectivity index (χ4n) is 3.95. The fourth-order valence-corrected chi connectivity index (χ4v) is 5.54. The van der Waals surface area contributed by atoms with E-state index in [-0.39, 0.29) is 11.8 Å². The highest BCUT2D eigenvalue weighted by Crippen LogP contribution is 2.36. The summed E-state index contributed by atoms with van der Waals surface area (Å²) < 4.78 is 5.88. The third kappa shape index (κ3) is 4.67. The first-order valence-electron chi connectivity index (χ1n) is 10.8. The number of carbonyl (C=O) groups is 2. The van der Waals surface area contributed by atoms with Gasteiger partial charge in [-0.05, 0) is 49.4 Å². The van der Waals surface area contributed by atoms with Gasteiger partial charge in [0.05, 0.1) is 22.8 Å². The van der Waals surface area contributed by atoms with Crippen molar-refractivity contribution in [1.29, 1.82) is 0 Å². The Bertz CT molecular complexity index is 1240. The predicted molar refractivity (Wildman–Crippen MR) is 133 cm³/mol. The second-order valence-corrected chi connectivity index (χ2v) is 10.2. The molecule has 6 nitrogen and oxygen atoms in total. The van der Waals surface area contributed by atoms with Crippen LogP contribution in [-0.2, 0) is 6.54 Å². The van der Waals surface area contributed by atoms with Gasteiger partial charge in [-0.2, -0.15) is 11.8 Å². The number of amides is 2. The van der Waals surface area contributed by atoms with Crippen molar-refractivity contribution in [2.24, 2.45) is 0 Å². The van der Waals surface area contributed by atoms with Crippen molar-refractivity contribution in [3.63, 3.8) is 0 Å². The van der Waals surface area contributed by atoms with Crippen LogP contribution in [0, 0.1) is 0 Å². The summed E-state index contributed by atoms with van der Waals surface area (Å²) in [5.41, 5.74) is 1.38. The van der Waals surface area contributed by atoms with Crippen molar-refractivity contribution in [1.82, 2.24) is 10.3 Å². The Morgan fingerprint density at radius 2 is 2.09 bits per heavy atom. The van der Waals surface area contributed by atoms with Crippen LogP contribution < -0.4 is 15.4 Å². The van der Waals surface area contributed by atoms with E-state index in [1.807, 2.05) is 24.0 Å². The summed E-state index contributed by atoms with van der Waals surface area (Å²) in [5.74, 6) is 0.869. The van der Waals surface area contributed by atoms with Gasteiger partial charge in [-0.15, -0.1) is 11.3 Å². The highest BCUT2D eigenvalue weighted by atomic mass is 32.2. The Morgan fingerprint density at radius 1 is 1.21 bits per heavy atom. The molecular formula is C25H23N3O3S2. The van der Waals surface area contributed by atoms with Crippen LogP contribution in [0.4, 0.5) is 5.69 Å². The number of benzene rings is 2. The third-order valence-corrected chi connectivity index (χ3v) is 7.90. The normalized spacial score (nSPS) is 19.0. The van der Waals surface area contributed by atoms with E-state index in [1.165, 1.54) is 0 Å². The van der Waals surface area contributed by atoms with E-state index in [0.29, 0.717) is 46.0 Å². The summed E-state index contributed by atoms with van der Waals surface area (Å²) in [6.45, 7) is 0.408. The van der Waals surface area contributed by atoms with Gasteiger partial charge >= 0.3 is 0 Å². The van der Waals surface area contributed by atoms with Crippen LogP contribution in [0.2, 0.25) is 0 Å². The van der Waals surface area contributed by atoms with Gasteiger partial charge in [-0.1, -0.05) is 24.3 Å². The number of nitrogens with one attached hydrogen (secondary N) is 2. The van der Waals surface area contributed by atoms with Gasteiger partial charge in [0.25, 0.3) is 11.8 Å². The number of anilines is 1. The maximum atomic E-state index is 12.8. The maximum absolute atomic E-state index is 12.8. The average Bonchev–Trinajstić information content (AvgIpc) is 3.27. The van der Waals surface area contributed by atoms with E-state index in [1.54, 1.807) is 47.7 Å². The lowest BCUT2D eigenvalue weighted by molar-refractivity contribution is 0.0950. The molecule has 2 amide bonds. The Labute approximate surface area is 200 Å². The maximum Gasteiger partial charge on any atom is 0.259 e. The molecule has 1 aliphatic carbocycles. The molecule has 168 valence electrons. The van der Waals surface area contributed by atoms with Crippen molar-refractivity contribution >= 4 is 40.6 Å². The highest BCUT2D eigenvalue weighted by molar-refractivity contribution is 7.99. The molecule has 0 saturated carbocycles. The van der Waals surface area contributed by atoms with Gasteiger partial charge in [0.1, 0.15) is 5.75 Å². The molecule has 0 saturated heterocycles. The second-order valence-electron chi connectivity index (χ2n) is 7.95. The summed E-state index contributed by atoms with van der Waals surface area (Å²) in [6.07, 6.45) is 10.8. The molecule has 0 bridgehead atoms. The fraction of sp³-hybridized carbons (Fsp3) is 0.240. The van der Waals surface area contributed by atoms with Crippen LogP contribution in [0.1, 0.15) is 49.4 Å². The minimum absolute atomic E-state index is 0.218. The molecular weight excluding hydrogens is 454 g/mol. The molecule has 8 heteroatoms. The Hall–Kier alpha value is -3.10. The number of aromatic nitrogens is 1. The highest BCUT2D eigenvalue weighted by Gasteiger charge is 2.22. The number of rotatable bonds is 5. The van der Waals surface area contributed by atoms with E-state index in [0.717, 1.165) is 22.7 Å². The van der Waals surface area contributed by atoms with Gasteiger partial charge in [-0.3, -0.25) is 9.59 Å². The number of fused-ring (bicyclic) bond motifs is 2. The number of carbonyl (C=O) groups excluding carboxylic acids is 2. The van der Waals surface area contributed by atoms with Crippen molar-refractivity contribution in [2.45, 2.75) is 30.6 Å². The van der Waals surface area contributed by atoms with Crippen LogP contribution in [0.3, 0.4) is 0 Å². The molecule has 1 aromatic heterocycles. The van der Waals surface area contributed by atoms with Crippen LogP contribution >= 0.6 is 23.1 Å². The molecule has 2 aromatic carbocycles. The van der Waals surface area contributed by atoms with Crippen LogP contribution in [0.15, 0.2) is 60.8 Å². The monoisotopic (exact) mass is 477 g/mol. The Kier molecular flexibility index (Phi) is 6.20. The SMILES string of the molecule is CSC1C=CC(c2ncc(CNC(=O)c3ccc4c(c3)NC(=O)c3ccccc3O4)s2)CC1. The average molecular weight is 478 g/mol. The molecule has 2 N–H and O–H groups in total. The van der Waals surface area contributed by atoms with E-state index in [2.05, 4.69) is 34.0 Å². The largest absolute Gasteiger partial charge is 0.454 e. The van der Waals surface area contributed by atoms with Gasteiger partial charge < -0.3 is 15.4 Å². The van der Waals surface area contributed by atoms with Gasteiger partial charge in [-0.25, -0.2) is 4.98 Å². The molecule has 2 atom stereocenters. The van der Waals surface area contributed by atoms with Crippen LogP contribution in [0.25, 0.3) is 0 Å². The summed E-state index contributed by atoms with van der Waals surface area (Å²) in [7, 11) is 0. The summed E-state index contributed by atoms with van der Waals surface area (Å²) in [5, 5.41) is 7.49. The number of ether oxygens (including phenoxy) is 1. The first-order chi connectivity index (χ1) is 16.1. The topological polar surface area (TPSA) is 80.3 Å². The van der Waals surface area contributed by atoms with Gasteiger partial charge in [0.15, 0.2) is 5.75 Å². The number of para-hydroxylation sites is 1. The molecule has 0 fully saturated rings. The Morgan fingerprint density at radius 3 is 2.91 bits per heavy atom. The molecule has 0 radical (unpaired) electrons. The van der Waals surface area contributed by atoms with Gasteiger partial charge in [0, 0.05) is 27.8 Å². The lowest BCUT2D eigenvalue weighted by atomic mass is 9.96. The molecule has 2 heterocycles. The molecule has 1 aliphatic heterocycles. The van der Waals surface area contributed by atoms with Crippen LogP contribution in [0.5, 0.6) is 11.5 Å². The number of hydrogen-bond donors (Lipinski definition) is 2.